The van der Waals surface area contributed by atoms with Crippen molar-refractivity contribution in [1.29, 1.82) is 5.26 Å². The fourth-order valence-electron chi connectivity index (χ4n) is 2.57. The normalized spacial score (nSPS) is 13.0. The number of carbonyl (C=O) groups excluding carboxylic acids is 1. The first-order valence-corrected chi connectivity index (χ1v) is 10.3. The van der Waals surface area contributed by atoms with E-state index >= 15 is 0 Å². The van der Waals surface area contributed by atoms with Crippen molar-refractivity contribution < 1.29 is 27.4 Å². The molecule has 2 N–H and O–H groups in total. The molecule has 0 saturated carbocycles. The van der Waals surface area contributed by atoms with Crippen LogP contribution in [0.15, 0.2) is 46.3 Å². The van der Waals surface area contributed by atoms with Crippen molar-refractivity contribution in [2.24, 2.45) is 11.4 Å². The van der Waals surface area contributed by atoms with Gasteiger partial charge in [-0.3, -0.25) is 4.79 Å². The maximum absolute atomic E-state index is 13.5. The predicted octanol–water partition coefficient (Wildman–Crippen LogP) is 2.38. The van der Waals surface area contributed by atoms with Crippen molar-refractivity contribution in [3.63, 3.8) is 0 Å². The molecule has 2 aromatic rings. The SMILES string of the molecule is C=CC(C)(O)CCOc1c(S(=O)(=O)N=C)cn(C)c1C(=O)Nc1ccc(F)c(C#N)c1. The van der Waals surface area contributed by atoms with Crippen molar-refractivity contribution in [2.75, 3.05) is 11.9 Å². The summed E-state index contributed by atoms with van der Waals surface area (Å²) in [6.45, 7) is 7.89. The first kappa shape index (κ1) is 23.8. The van der Waals surface area contributed by atoms with Gasteiger partial charge >= 0.3 is 0 Å². The molecule has 9 nitrogen and oxygen atoms in total. The number of aryl methyl sites for hydroxylation is 1. The number of carbonyl (C=O) groups is 1. The van der Waals surface area contributed by atoms with E-state index in [0.29, 0.717) is 0 Å². The van der Waals surface area contributed by atoms with E-state index < -0.39 is 27.3 Å². The lowest BCUT2D eigenvalue weighted by atomic mass is 10.0. The molecular formula is C20H21FN4O5S. The molecule has 0 aliphatic carbocycles. The van der Waals surface area contributed by atoms with Crippen molar-refractivity contribution in [3.05, 3.63) is 54.1 Å². The van der Waals surface area contributed by atoms with Crippen LogP contribution in [0.5, 0.6) is 5.75 Å². The molecule has 0 fully saturated rings. The average molecular weight is 448 g/mol. The van der Waals surface area contributed by atoms with Gasteiger partial charge in [0.15, 0.2) is 11.4 Å². The van der Waals surface area contributed by atoms with Crippen LogP contribution in [-0.2, 0) is 17.1 Å². The van der Waals surface area contributed by atoms with Crippen molar-refractivity contribution in [1.82, 2.24) is 4.57 Å². The molecule has 0 aliphatic rings. The molecule has 164 valence electrons. The zero-order valence-electron chi connectivity index (χ0n) is 16.9. The Bertz CT molecular complexity index is 1180. The minimum absolute atomic E-state index is 0.0664. The number of nitriles is 1. The second kappa shape index (κ2) is 9.11. The number of hydrogen-bond donors (Lipinski definition) is 2. The number of hydrogen-bond acceptors (Lipinski definition) is 6. The van der Waals surface area contributed by atoms with Crippen molar-refractivity contribution in [3.8, 4) is 11.8 Å². The first-order chi connectivity index (χ1) is 14.5. The fourth-order valence-corrected chi connectivity index (χ4v) is 3.39. The highest BCUT2D eigenvalue weighted by atomic mass is 32.2. The Balaban J connectivity index is 2.45. The topological polar surface area (TPSA) is 134 Å². The number of ether oxygens (including phenoxy) is 1. The van der Waals surface area contributed by atoms with Crippen LogP contribution >= 0.6 is 0 Å². The van der Waals surface area contributed by atoms with Crippen molar-refractivity contribution in [2.45, 2.75) is 23.8 Å². The van der Waals surface area contributed by atoms with Crippen LogP contribution < -0.4 is 10.1 Å². The summed E-state index contributed by atoms with van der Waals surface area (Å²) in [5.74, 6) is -1.80. The zero-order chi connectivity index (χ0) is 23.4. The largest absolute Gasteiger partial charge is 0.490 e. The van der Waals surface area contributed by atoms with Gasteiger partial charge < -0.3 is 19.7 Å². The van der Waals surface area contributed by atoms with E-state index in [1.54, 1.807) is 6.07 Å². The Morgan fingerprint density at radius 3 is 2.77 bits per heavy atom. The van der Waals surface area contributed by atoms with Crippen LogP contribution in [0.1, 0.15) is 29.4 Å². The Morgan fingerprint density at radius 1 is 1.52 bits per heavy atom. The summed E-state index contributed by atoms with van der Waals surface area (Å²) in [6, 6.07) is 5.07. The first-order valence-electron chi connectivity index (χ1n) is 8.88. The summed E-state index contributed by atoms with van der Waals surface area (Å²) >= 11 is 0. The fraction of sp³-hybridized carbons (Fsp3) is 0.250. The van der Waals surface area contributed by atoms with Gasteiger partial charge in [0.25, 0.3) is 15.9 Å². The zero-order valence-corrected chi connectivity index (χ0v) is 17.7. The Morgan fingerprint density at radius 2 is 2.19 bits per heavy atom. The number of rotatable bonds is 9. The van der Waals surface area contributed by atoms with Gasteiger partial charge in [0, 0.05) is 32.1 Å². The van der Waals surface area contributed by atoms with Crippen LogP contribution in [0.4, 0.5) is 10.1 Å². The van der Waals surface area contributed by atoms with Crippen LogP contribution in [0.2, 0.25) is 0 Å². The summed E-state index contributed by atoms with van der Waals surface area (Å²) in [6.07, 6.45) is 2.52. The van der Waals surface area contributed by atoms with Crippen LogP contribution in [-0.4, -0.2) is 42.9 Å². The highest BCUT2D eigenvalue weighted by Crippen LogP contribution is 2.32. The number of benzene rings is 1. The summed E-state index contributed by atoms with van der Waals surface area (Å²) in [4.78, 5) is 12.5. The van der Waals surface area contributed by atoms with Gasteiger partial charge in [-0.2, -0.15) is 18.1 Å². The maximum Gasteiger partial charge on any atom is 0.286 e. The van der Waals surface area contributed by atoms with Crippen LogP contribution in [0.25, 0.3) is 0 Å². The molecular weight excluding hydrogens is 427 g/mol. The molecule has 1 amide bonds. The number of nitrogens with one attached hydrogen (secondary N) is 1. The van der Waals surface area contributed by atoms with E-state index in [-0.39, 0.29) is 40.6 Å². The van der Waals surface area contributed by atoms with Gasteiger partial charge in [-0.1, -0.05) is 6.08 Å². The lowest BCUT2D eigenvalue weighted by Crippen LogP contribution is -2.24. The maximum atomic E-state index is 13.5. The van der Waals surface area contributed by atoms with Gasteiger partial charge in [0.1, 0.15) is 16.8 Å². The third kappa shape index (κ3) is 5.36. The third-order valence-electron chi connectivity index (χ3n) is 4.40. The number of aromatic nitrogens is 1. The van der Waals surface area contributed by atoms with Crippen LogP contribution in [0, 0.1) is 17.1 Å². The number of anilines is 1. The molecule has 0 spiro atoms. The number of amides is 1. The van der Waals surface area contributed by atoms with E-state index in [0.717, 1.165) is 18.3 Å². The Hall–Kier alpha value is -3.49. The smallest absolute Gasteiger partial charge is 0.286 e. The second-order valence-corrected chi connectivity index (χ2v) is 8.45. The Kier molecular flexibility index (Phi) is 6.99. The lowest BCUT2D eigenvalue weighted by Gasteiger charge is -2.19. The molecule has 1 unspecified atom stereocenters. The molecule has 1 heterocycles. The highest BCUT2D eigenvalue weighted by Gasteiger charge is 2.29. The van der Waals surface area contributed by atoms with E-state index in [1.165, 1.54) is 30.7 Å². The standard InChI is InChI=1S/C20H21FN4O5S/c1-5-20(2,27)8-9-30-18-16(31(28,29)23-3)12-25(4)17(18)19(26)24-14-6-7-15(21)13(10-14)11-22/h5-7,10,12,27H,1,3,8-9H2,2,4H3,(H,24,26). The molecule has 0 radical (unpaired) electrons. The number of aliphatic hydroxyl groups is 1. The molecule has 0 bridgehead atoms. The minimum Gasteiger partial charge on any atom is -0.490 e. The molecule has 1 aromatic heterocycles. The monoisotopic (exact) mass is 448 g/mol. The van der Waals surface area contributed by atoms with Gasteiger partial charge in [-0.25, -0.2) is 4.39 Å². The second-order valence-electron chi connectivity index (χ2n) is 6.81. The van der Waals surface area contributed by atoms with E-state index in [4.69, 9.17) is 10.00 Å². The molecule has 0 aliphatic heterocycles. The molecule has 1 aromatic carbocycles. The lowest BCUT2D eigenvalue weighted by molar-refractivity contribution is 0.0827. The van der Waals surface area contributed by atoms with Gasteiger partial charge in [0.05, 0.1) is 17.8 Å². The highest BCUT2D eigenvalue weighted by molar-refractivity contribution is 7.90. The molecule has 2 rings (SSSR count). The molecule has 1 atom stereocenters. The third-order valence-corrected chi connectivity index (χ3v) is 5.59. The summed E-state index contributed by atoms with van der Waals surface area (Å²) in [5, 5.41) is 21.5. The van der Waals surface area contributed by atoms with Gasteiger partial charge in [0.2, 0.25) is 0 Å². The Labute approximate surface area is 179 Å². The number of nitrogens with zero attached hydrogens (tertiary/aromatic N) is 3. The summed E-state index contributed by atoms with van der Waals surface area (Å²) < 4.78 is 48.0. The number of sulfonamides is 1. The molecule has 31 heavy (non-hydrogen) atoms. The van der Waals surface area contributed by atoms with Crippen molar-refractivity contribution >= 4 is 28.3 Å². The average Bonchev–Trinajstić information content (AvgIpc) is 3.06. The quantitative estimate of drug-likeness (QED) is 0.447. The van der Waals surface area contributed by atoms with E-state index in [2.05, 4.69) is 23.0 Å². The van der Waals surface area contributed by atoms with Gasteiger partial charge in [-0.05, 0) is 25.1 Å². The van der Waals surface area contributed by atoms with E-state index in [9.17, 15) is 22.7 Å². The molecule has 0 saturated heterocycles. The summed E-state index contributed by atoms with van der Waals surface area (Å²) in [5.41, 5.74) is -1.58. The molecule has 11 heteroatoms. The van der Waals surface area contributed by atoms with Gasteiger partial charge in [-0.15, -0.1) is 6.58 Å². The summed E-state index contributed by atoms with van der Waals surface area (Å²) in [7, 11) is -2.79. The number of halogens is 1. The predicted molar refractivity (Wildman–Crippen MR) is 112 cm³/mol. The minimum atomic E-state index is -4.21. The van der Waals surface area contributed by atoms with Crippen LogP contribution in [0.3, 0.4) is 0 Å². The van der Waals surface area contributed by atoms with E-state index in [1.807, 2.05) is 0 Å².